The molecule has 0 bridgehead atoms. The molecular formula is C19H21N3O3. The van der Waals surface area contributed by atoms with Crippen LogP contribution in [0.1, 0.15) is 33.5 Å². The van der Waals surface area contributed by atoms with Crippen LogP contribution in [0.2, 0.25) is 0 Å². The molecule has 1 aromatic carbocycles. The average Bonchev–Trinajstić information content (AvgIpc) is 3.25. The molecule has 0 saturated carbocycles. The number of amides is 1. The van der Waals surface area contributed by atoms with Gasteiger partial charge in [-0.1, -0.05) is 0 Å². The topological polar surface area (TPSA) is 69.3 Å². The van der Waals surface area contributed by atoms with Crippen molar-refractivity contribution < 1.29 is 13.9 Å². The van der Waals surface area contributed by atoms with Crippen LogP contribution < -0.4 is 10.1 Å². The van der Waals surface area contributed by atoms with Crippen molar-refractivity contribution in [3.8, 4) is 5.75 Å². The van der Waals surface area contributed by atoms with Gasteiger partial charge in [0.2, 0.25) is 0 Å². The van der Waals surface area contributed by atoms with Gasteiger partial charge < -0.3 is 14.5 Å². The van der Waals surface area contributed by atoms with Gasteiger partial charge in [0, 0.05) is 17.8 Å². The molecule has 3 aromatic rings. The Morgan fingerprint density at radius 3 is 2.60 bits per heavy atom. The van der Waals surface area contributed by atoms with Crippen LogP contribution in [0.25, 0.3) is 0 Å². The van der Waals surface area contributed by atoms with E-state index in [-0.39, 0.29) is 11.9 Å². The van der Waals surface area contributed by atoms with Crippen LogP contribution in [0, 0.1) is 13.8 Å². The number of benzene rings is 1. The molecule has 6 heteroatoms. The minimum absolute atomic E-state index is 0.152. The Balaban J connectivity index is 1.76. The molecule has 130 valence electrons. The molecule has 0 aliphatic carbocycles. The lowest BCUT2D eigenvalue weighted by molar-refractivity contribution is 0.0948. The van der Waals surface area contributed by atoms with Gasteiger partial charge in [-0.25, -0.2) is 0 Å². The highest BCUT2D eigenvalue weighted by Gasteiger charge is 2.21. The second-order valence-corrected chi connectivity index (χ2v) is 5.84. The second kappa shape index (κ2) is 7.25. The number of rotatable bonds is 6. The SMILES string of the molecule is COc1ccc(C(=O)NCC(c2ccco2)n2nc(C)cc2C)cc1. The van der Waals surface area contributed by atoms with E-state index in [1.165, 1.54) is 0 Å². The number of hydrogen-bond donors (Lipinski definition) is 1. The third-order valence-electron chi connectivity index (χ3n) is 4.02. The maximum absolute atomic E-state index is 12.4. The maximum Gasteiger partial charge on any atom is 0.251 e. The van der Waals surface area contributed by atoms with Gasteiger partial charge in [-0.05, 0) is 56.3 Å². The highest BCUT2D eigenvalue weighted by atomic mass is 16.5. The van der Waals surface area contributed by atoms with Crippen molar-refractivity contribution >= 4 is 5.91 Å². The van der Waals surface area contributed by atoms with Gasteiger partial charge in [0.15, 0.2) is 0 Å². The molecule has 2 aromatic heterocycles. The number of carbonyl (C=O) groups is 1. The van der Waals surface area contributed by atoms with E-state index in [4.69, 9.17) is 9.15 Å². The number of aromatic nitrogens is 2. The Hall–Kier alpha value is -3.02. The Kier molecular flexibility index (Phi) is 4.88. The predicted octanol–water partition coefficient (Wildman–Crippen LogP) is 3.12. The first-order valence-electron chi connectivity index (χ1n) is 8.07. The van der Waals surface area contributed by atoms with Crippen molar-refractivity contribution in [2.75, 3.05) is 13.7 Å². The fraction of sp³-hybridized carbons (Fsp3) is 0.263. The first-order chi connectivity index (χ1) is 12.1. The molecule has 2 heterocycles. The van der Waals surface area contributed by atoms with E-state index in [2.05, 4.69) is 10.4 Å². The summed E-state index contributed by atoms with van der Waals surface area (Å²) in [4.78, 5) is 12.4. The summed E-state index contributed by atoms with van der Waals surface area (Å²) >= 11 is 0. The van der Waals surface area contributed by atoms with E-state index < -0.39 is 0 Å². The fourth-order valence-corrected chi connectivity index (χ4v) is 2.78. The molecule has 0 saturated heterocycles. The molecule has 0 radical (unpaired) electrons. The molecule has 0 aliphatic heterocycles. The van der Waals surface area contributed by atoms with Gasteiger partial charge in [0.25, 0.3) is 5.91 Å². The molecular weight excluding hydrogens is 318 g/mol. The highest BCUT2D eigenvalue weighted by molar-refractivity contribution is 5.94. The molecule has 1 atom stereocenters. The van der Waals surface area contributed by atoms with E-state index in [0.717, 1.165) is 17.1 Å². The zero-order valence-electron chi connectivity index (χ0n) is 14.5. The molecule has 0 spiro atoms. The molecule has 3 rings (SSSR count). The monoisotopic (exact) mass is 339 g/mol. The summed E-state index contributed by atoms with van der Waals surface area (Å²) in [5.74, 6) is 1.31. The molecule has 0 fully saturated rings. The summed E-state index contributed by atoms with van der Waals surface area (Å²) in [6.45, 7) is 4.31. The van der Waals surface area contributed by atoms with Crippen LogP contribution >= 0.6 is 0 Å². The van der Waals surface area contributed by atoms with Crippen molar-refractivity contribution in [2.24, 2.45) is 0 Å². The van der Waals surface area contributed by atoms with E-state index in [1.807, 2.05) is 36.7 Å². The van der Waals surface area contributed by atoms with E-state index in [1.54, 1.807) is 37.6 Å². The fourth-order valence-electron chi connectivity index (χ4n) is 2.78. The number of hydrogen-bond acceptors (Lipinski definition) is 4. The smallest absolute Gasteiger partial charge is 0.251 e. The summed E-state index contributed by atoms with van der Waals surface area (Å²) in [5, 5.41) is 7.49. The predicted molar refractivity (Wildman–Crippen MR) is 93.9 cm³/mol. The van der Waals surface area contributed by atoms with Crippen LogP contribution in [0.15, 0.2) is 53.1 Å². The number of methoxy groups -OCH3 is 1. The number of carbonyl (C=O) groups excluding carboxylic acids is 1. The maximum atomic E-state index is 12.4. The minimum Gasteiger partial charge on any atom is -0.497 e. The number of ether oxygens (including phenoxy) is 1. The molecule has 1 unspecified atom stereocenters. The number of nitrogens with zero attached hydrogens (tertiary/aromatic N) is 2. The van der Waals surface area contributed by atoms with Gasteiger partial charge in [-0.2, -0.15) is 5.10 Å². The van der Waals surface area contributed by atoms with E-state index >= 15 is 0 Å². The summed E-state index contributed by atoms with van der Waals surface area (Å²) in [5.41, 5.74) is 2.51. The summed E-state index contributed by atoms with van der Waals surface area (Å²) in [6.07, 6.45) is 1.62. The van der Waals surface area contributed by atoms with Gasteiger partial charge in [-0.3, -0.25) is 9.48 Å². The zero-order chi connectivity index (χ0) is 17.8. The van der Waals surface area contributed by atoms with E-state index in [0.29, 0.717) is 17.9 Å². The summed E-state index contributed by atoms with van der Waals surface area (Å²) < 4.78 is 12.5. The molecule has 25 heavy (non-hydrogen) atoms. The lowest BCUT2D eigenvalue weighted by Gasteiger charge is -2.18. The van der Waals surface area contributed by atoms with Gasteiger partial charge in [0.1, 0.15) is 17.6 Å². The summed E-state index contributed by atoms with van der Waals surface area (Å²) in [7, 11) is 1.59. The third-order valence-corrected chi connectivity index (χ3v) is 4.02. The average molecular weight is 339 g/mol. The third kappa shape index (κ3) is 3.74. The largest absolute Gasteiger partial charge is 0.497 e. The van der Waals surface area contributed by atoms with Crippen molar-refractivity contribution in [2.45, 2.75) is 19.9 Å². The molecule has 1 amide bonds. The Morgan fingerprint density at radius 2 is 2.04 bits per heavy atom. The van der Waals surface area contributed by atoms with Crippen LogP contribution in [0.5, 0.6) is 5.75 Å². The number of furan rings is 1. The second-order valence-electron chi connectivity index (χ2n) is 5.84. The number of aryl methyl sites for hydroxylation is 2. The Morgan fingerprint density at radius 1 is 1.28 bits per heavy atom. The van der Waals surface area contributed by atoms with E-state index in [9.17, 15) is 4.79 Å². The van der Waals surface area contributed by atoms with Crippen molar-refractivity contribution in [1.29, 1.82) is 0 Å². The first-order valence-corrected chi connectivity index (χ1v) is 8.07. The minimum atomic E-state index is -0.203. The molecule has 1 N–H and O–H groups in total. The Labute approximate surface area is 146 Å². The Bertz CT molecular complexity index is 835. The standard InChI is InChI=1S/C19H21N3O3/c1-13-11-14(2)22(21-13)17(18-5-4-10-25-18)12-20-19(23)15-6-8-16(24-3)9-7-15/h4-11,17H,12H2,1-3H3,(H,20,23). The molecule has 0 aliphatic rings. The highest BCUT2D eigenvalue weighted by Crippen LogP contribution is 2.20. The lowest BCUT2D eigenvalue weighted by Crippen LogP contribution is -2.32. The van der Waals surface area contributed by atoms with Crippen molar-refractivity contribution in [3.63, 3.8) is 0 Å². The van der Waals surface area contributed by atoms with Crippen LogP contribution in [0.3, 0.4) is 0 Å². The van der Waals surface area contributed by atoms with Crippen molar-refractivity contribution in [1.82, 2.24) is 15.1 Å². The number of nitrogens with one attached hydrogen (secondary N) is 1. The van der Waals surface area contributed by atoms with Crippen LogP contribution in [0.4, 0.5) is 0 Å². The van der Waals surface area contributed by atoms with Gasteiger partial charge >= 0.3 is 0 Å². The van der Waals surface area contributed by atoms with Crippen LogP contribution in [-0.4, -0.2) is 29.3 Å². The molecule has 6 nitrogen and oxygen atoms in total. The first kappa shape index (κ1) is 16.8. The van der Waals surface area contributed by atoms with Gasteiger partial charge in [0.05, 0.1) is 19.1 Å². The van der Waals surface area contributed by atoms with Gasteiger partial charge in [-0.15, -0.1) is 0 Å². The normalized spacial score (nSPS) is 12.0. The zero-order valence-corrected chi connectivity index (χ0v) is 14.5. The summed E-state index contributed by atoms with van der Waals surface area (Å²) in [6, 6.07) is 12.5. The quantitative estimate of drug-likeness (QED) is 0.749. The van der Waals surface area contributed by atoms with Crippen molar-refractivity contribution in [3.05, 3.63) is 71.4 Å². The van der Waals surface area contributed by atoms with Crippen LogP contribution in [-0.2, 0) is 0 Å². The lowest BCUT2D eigenvalue weighted by atomic mass is 10.2.